The lowest BCUT2D eigenvalue weighted by Crippen LogP contribution is -2.56. The van der Waals surface area contributed by atoms with Crippen LogP contribution in [0.3, 0.4) is 0 Å². The molecule has 0 spiro atoms. The van der Waals surface area contributed by atoms with Crippen molar-refractivity contribution in [3.05, 3.63) is 34.2 Å². The molecule has 4 rings (SSSR count). The van der Waals surface area contributed by atoms with Crippen LogP contribution in [0.1, 0.15) is 43.5 Å². The quantitative estimate of drug-likeness (QED) is 0.785. The molecule has 0 aliphatic carbocycles. The number of hydrogen-bond donors (Lipinski definition) is 0. The summed E-state index contributed by atoms with van der Waals surface area (Å²) < 4.78 is 7.69. The molecule has 3 aliphatic rings. The maximum atomic E-state index is 12.3. The van der Waals surface area contributed by atoms with Gasteiger partial charge >= 0.3 is 0 Å². The largest absolute Gasteiger partial charge is 0.361 e. The van der Waals surface area contributed by atoms with E-state index in [9.17, 15) is 4.79 Å². The molecule has 1 unspecified atom stereocenters. The molecule has 3 aliphatic heterocycles. The smallest absolute Gasteiger partial charge is 0.252 e. The maximum Gasteiger partial charge on any atom is 0.252 e. The molecule has 4 nitrogen and oxygen atoms in total. The van der Waals surface area contributed by atoms with Gasteiger partial charge in [0.05, 0.1) is 0 Å². The molecule has 2 saturated heterocycles. The van der Waals surface area contributed by atoms with Gasteiger partial charge in [0.25, 0.3) is 5.56 Å². The first-order valence-corrected chi connectivity index (χ1v) is 7.78. The Hall–Kier alpha value is -1.13. The van der Waals surface area contributed by atoms with Crippen LogP contribution in [0.2, 0.25) is 0 Å². The Morgan fingerprint density at radius 1 is 1.30 bits per heavy atom. The van der Waals surface area contributed by atoms with E-state index in [1.807, 2.05) is 10.6 Å². The Labute approximate surface area is 119 Å². The lowest BCUT2D eigenvalue weighted by atomic mass is 9.74. The number of rotatable bonds is 1. The van der Waals surface area contributed by atoms with Crippen molar-refractivity contribution in [3.63, 3.8) is 0 Å². The second-order valence-electron chi connectivity index (χ2n) is 6.44. The highest BCUT2D eigenvalue weighted by atomic mass is 16.5. The Bertz CT molecular complexity index is 568. The van der Waals surface area contributed by atoms with Crippen molar-refractivity contribution in [2.75, 3.05) is 20.2 Å². The molecule has 4 heteroatoms. The lowest BCUT2D eigenvalue weighted by Gasteiger charge is -2.52. The number of piperidine rings is 2. The molecule has 0 radical (unpaired) electrons. The SMILES string of the molecule is COC1[C@@H]2C[C@@H](CN3CCCC[C@H]23)c2cccc(=O)n21. The van der Waals surface area contributed by atoms with Gasteiger partial charge in [-0.2, -0.15) is 0 Å². The molecule has 108 valence electrons. The normalized spacial score (nSPS) is 36.2. The fraction of sp³-hybridized carbons (Fsp3) is 0.688. The Morgan fingerprint density at radius 3 is 3.05 bits per heavy atom. The van der Waals surface area contributed by atoms with Crippen molar-refractivity contribution in [1.29, 1.82) is 0 Å². The van der Waals surface area contributed by atoms with Gasteiger partial charge in [0.2, 0.25) is 0 Å². The van der Waals surface area contributed by atoms with Gasteiger partial charge in [-0.1, -0.05) is 12.5 Å². The summed E-state index contributed by atoms with van der Waals surface area (Å²) in [5.74, 6) is 0.960. The third-order valence-corrected chi connectivity index (χ3v) is 5.47. The zero-order valence-corrected chi connectivity index (χ0v) is 12.0. The van der Waals surface area contributed by atoms with E-state index in [1.54, 1.807) is 13.2 Å². The Balaban J connectivity index is 1.83. The van der Waals surface area contributed by atoms with Gasteiger partial charge < -0.3 is 4.74 Å². The van der Waals surface area contributed by atoms with E-state index < -0.39 is 0 Å². The number of methoxy groups -OCH3 is 1. The molecule has 4 atom stereocenters. The van der Waals surface area contributed by atoms with E-state index >= 15 is 0 Å². The average Bonchev–Trinajstić information content (AvgIpc) is 2.49. The third-order valence-electron chi connectivity index (χ3n) is 5.47. The fourth-order valence-corrected chi connectivity index (χ4v) is 4.69. The number of nitrogens with zero attached hydrogens (tertiary/aromatic N) is 2. The van der Waals surface area contributed by atoms with E-state index in [0.717, 1.165) is 6.54 Å². The van der Waals surface area contributed by atoms with E-state index in [0.29, 0.717) is 17.9 Å². The van der Waals surface area contributed by atoms with Crippen LogP contribution in [0.4, 0.5) is 0 Å². The maximum absolute atomic E-state index is 12.3. The fourth-order valence-electron chi connectivity index (χ4n) is 4.69. The van der Waals surface area contributed by atoms with Crippen molar-refractivity contribution >= 4 is 0 Å². The van der Waals surface area contributed by atoms with Crippen molar-refractivity contribution < 1.29 is 4.74 Å². The van der Waals surface area contributed by atoms with Gasteiger partial charge in [0.15, 0.2) is 0 Å². The van der Waals surface area contributed by atoms with Gasteiger partial charge in [-0.05, 0) is 31.9 Å². The monoisotopic (exact) mass is 274 g/mol. The summed E-state index contributed by atoms with van der Waals surface area (Å²) in [5.41, 5.74) is 1.26. The van der Waals surface area contributed by atoms with Crippen LogP contribution in [0, 0.1) is 5.92 Å². The van der Waals surface area contributed by atoms with E-state index in [2.05, 4.69) is 11.0 Å². The van der Waals surface area contributed by atoms with Gasteiger partial charge in [-0.3, -0.25) is 14.3 Å². The molecular formula is C16H22N2O2. The van der Waals surface area contributed by atoms with Crippen LogP contribution in [0.15, 0.2) is 23.0 Å². The highest BCUT2D eigenvalue weighted by Crippen LogP contribution is 2.46. The second-order valence-corrected chi connectivity index (χ2v) is 6.44. The van der Waals surface area contributed by atoms with Crippen LogP contribution in [-0.2, 0) is 4.74 Å². The highest BCUT2D eigenvalue weighted by molar-refractivity contribution is 5.19. The van der Waals surface area contributed by atoms with Crippen molar-refractivity contribution in [3.8, 4) is 0 Å². The van der Waals surface area contributed by atoms with Crippen molar-refractivity contribution in [1.82, 2.24) is 9.47 Å². The first-order chi connectivity index (χ1) is 9.79. The summed E-state index contributed by atoms with van der Waals surface area (Å²) in [6.07, 6.45) is 4.97. The van der Waals surface area contributed by atoms with Crippen molar-refractivity contribution in [2.24, 2.45) is 5.92 Å². The molecule has 1 aromatic rings. The number of fused-ring (bicyclic) bond motifs is 6. The summed E-state index contributed by atoms with van der Waals surface area (Å²) in [5, 5.41) is 0. The predicted molar refractivity (Wildman–Crippen MR) is 76.8 cm³/mol. The number of pyridine rings is 1. The number of ether oxygens (including phenoxy) is 1. The predicted octanol–water partition coefficient (Wildman–Crippen LogP) is 1.96. The first-order valence-electron chi connectivity index (χ1n) is 7.78. The van der Waals surface area contributed by atoms with Crippen LogP contribution < -0.4 is 5.56 Å². The van der Waals surface area contributed by atoms with Crippen LogP contribution in [-0.4, -0.2) is 35.7 Å². The standard InChI is InChI=1S/C16H22N2O2/c1-20-16-12-9-11(10-17-8-3-2-5-14(12)17)13-6-4-7-15(19)18(13)16/h4,6-7,11-12,14,16H,2-3,5,8-10H2,1H3/t11-,12+,14+,16?/m0/s1. The molecular weight excluding hydrogens is 252 g/mol. The zero-order valence-electron chi connectivity index (χ0n) is 12.0. The minimum atomic E-state index is -0.0825. The first kappa shape index (κ1) is 12.6. The zero-order chi connectivity index (χ0) is 13.7. The molecule has 0 saturated carbocycles. The molecule has 20 heavy (non-hydrogen) atoms. The Morgan fingerprint density at radius 2 is 2.20 bits per heavy atom. The summed E-state index contributed by atoms with van der Waals surface area (Å²) in [4.78, 5) is 14.9. The van der Waals surface area contributed by atoms with Crippen LogP contribution in [0.25, 0.3) is 0 Å². The third kappa shape index (κ3) is 1.71. The van der Waals surface area contributed by atoms with Gasteiger partial charge in [-0.15, -0.1) is 0 Å². The van der Waals surface area contributed by atoms with E-state index in [-0.39, 0.29) is 11.8 Å². The van der Waals surface area contributed by atoms with Gasteiger partial charge in [0, 0.05) is 43.3 Å². The molecule has 0 aromatic carbocycles. The summed E-state index contributed by atoms with van der Waals surface area (Å²) in [7, 11) is 1.75. The summed E-state index contributed by atoms with van der Waals surface area (Å²) in [6.45, 7) is 2.33. The Kier molecular flexibility index (Phi) is 2.97. The number of aromatic nitrogens is 1. The van der Waals surface area contributed by atoms with E-state index in [4.69, 9.17) is 4.74 Å². The summed E-state index contributed by atoms with van der Waals surface area (Å²) >= 11 is 0. The number of hydrogen-bond acceptors (Lipinski definition) is 3. The molecule has 2 bridgehead atoms. The average molecular weight is 274 g/mol. The van der Waals surface area contributed by atoms with Gasteiger partial charge in [0.1, 0.15) is 6.23 Å². The second kappa shape index (κ2) is 4.71. The van der Waals surface area contributed by atoms with Crippen LogP contribution in [0.5, 0.6) is 0 Å². The molecule has 2 fully saturated rings. The van der Waals surface area contributed by atoms with Gasteiger partial charge in [-0.25, -0.2) is 0 Å². The topological polar surface area (TPSA) is 34.5 Å². The minimum absolute atomic E-state index is 0.0825. The van der Waals surface area contributed by atoms with E-state index in [1.165, 1.54) is 37.9 Å². The summed E-state index contributed by atoms with van der Waals surface area (Å²) in [6, 6.07) is 6.27. The minimum Gasteiger partial charge on any atom is -0.361 e. The molecule has 0 N–H and O–H groups in total. The lowest BCUT2D eigenvalue weighted by molar-refractivity contribution is -0.0946. The molecule has 1 aromatic heterocycles. The molecule has 4 heterocycles. The van der Waals surface area contributed by atoms with Crippen molar-refractivity contribution in [2.45, 2.75) is 43.9 Å². The van der Waals surface area contributed by atoms with Crippen LogP contribution >= 0.6 is 0 Å². The highest BCUT2D eigenvalue weighted by Gasteiger charge is 2.46. The molecule has 0 amide bonds.